The number of carbonyl (C=O) groups excluding carboxylic acids is 3. The first-order chi connectivity index (χ1) is 20.5. The molecule has 0 aliphatic carbocycles. The maximum atomic E-state index is 13.8. The van der Waals surface area contributed by atoms with E-state index in [4.69, 9.17) is 20.4 Å². The van der Waals surface area contributed by atoms with Crippen LogP contribution in [0, 0.1) is 0 Å². The van der Waals surface area contributed by atoms with Crippen molar-refractivity contribution in [2.75, 3.05) is 4.90 Å². The Morgan fingerprint density at radius 3 is 2.16 bits per heavy atom. The highest BCUT2D eigenvalue weighted by Crippen LogP contribution is 2.30. The van der Waals surface area contributed by atoms with Gasteiger partial charge in [0.25, 0.3) is 5.97 Å². The fraction of sp³-hybridized carbons (Fsp3) is 0.371. The van der Waals surface area contributed by atoms with Crippen molar-refractivity contribution in [1.29, 1.82) is 0 Å². The van der Waals surface area contributed by atoms with E-state index in [0.29, 0.717) is 24.9 Å². The number of nitrogens with two attached hydrogens (primary N) is 1. The molecule has 0 spiro atoms. The van der Waals surface area contributed by atoms with Gasteiger partial charge in [0.1, 0.15) is 11.6 Å². The van der Waals surface area contributed by atoms with Gasteiger partial charge in [0.15, 0.2) is 0 Å². The maximum Gasteiger partial charge on any atom is 0.339 e. The van der Waals surface area contributed by atoms with Crippen molar-refractivity contribution in [2.24, 2.45) is 5.73 Å². The van der Waals surface area contributed by atoms with Crippen LogP contribution in [0.15, 0.2) is 72.8 Å². The number of rotatable bonds is 7. The summed E-state index contributed by atoms with van der Waals surface area (Å²) in [4.78, 5) is 50.0. The number of carboxylic acid groups (broad SMARTS) is 1. The van der Waals surface area contributed by atoms with Crippen molar-refractivity contribution < 1.29 is 29.0 Å². The number of aliphatic carboxylic acids is 1. The van der Waals surface area contributed by atoms with Crippen LogP contribution >= 0.6 is 0 Å². The number of carbonyl (C=O) groups is 4. The lowest BCUT2D eigenvalue weighted by atomic mass is 9.98. The van der Waals surface area contributed by atoms with Crippen LogP contribution in [0.3, 0.4) is 0 Å². The summed E-state index contributed by atoms with van der Waals surface area (Å²) < 4.78 is 5.61. The number of benzene rings is 3. The molecule has 0 bridgehead atoms. The third-order valence-electron chi connectivity index (χ3n) is 6.65. The van der Waals surface area contributed by atoms with E-state index in [1.807, 2.05) is 87.5 Å². The van der Waals surface area contributed by atoms with Crippen molar-refractivity contribution >= 4 is 29.4 Å². The Balaban J connectivity index is 0.00000124. The largest absolute Gasteiger partial charge is 0.481 e. The first-order valence-corrected chi connectivity index (χ1v) is 14.6. The monoisotopic (exact) mass is 601 g/mol. The smallest absolute Gasteiger partial charge is 0.339 e. The Bertz CT molecular complexity index is 1480. The van der Waals surface area contributed by atoms with Crippen LogP contribution in [0.25, 0.3) is 11.1 Å². The van der Waals surface area contributed by atoms with E-state index in [-0.39, 0.29) is 24.2 Å². The Morgan fingerprint density at radius 1 is 0.955 bits per heavy atom. The van der Waals surface area contributed by atoms with E-state index >= 15 is 0 Å². The number of esters is 1. The molecule has 9 nitrogen and oxygen atoms in total. The lowest BCUT2D eigenvalue weighted by molar-refractivity contribution is -0.134. The van der Waals surface area contributed by atoms with E-state index in [1.54, 1.807) is 24.8 Å². The number of hydrogen-bond donors (Lipinski definition) is 3. The number of para-hydroxylation sites is 1. The number of ether oxygens (including phenoxy) is 1. The molecule has 9 heteroatoms. The van der Waals surface area contributed by atoms with E-state index in [9.17, 15) is 14.4 Å². The molecule has 1 aliphatic rings. The van der Waals surface area contributed by atoms with Gasteiger partial charge in [-0.1, -0.05) is 60.7 Å². The Morgan fingerprint density at radius 2 is 1.55 bits per heavy atom. The highest BCUT2D eigenvalue weighted by atomic mass is 16.6. The Kier molecular flexibility index (Phi) is 11.1. The molecule has 0 saturated carbocycles. The first-order valence-electron chi connectivity index (χ1n) is 14.6. The SMILES string of the molecule is CC(=O)O.CC(C)(N)CC(=O)N[C@@H]1CCc2ccccc2N(Cc2ccc(-c3ccccc3C(=O)OC(C)(C)C)cc2)C1=O. The van der Waals surface area contributed by atoms with E-state index < -0.39 is 23.2 Å². The van der Waals surface area contributed by atoms with Gasteiger partial charge in [0, 0.05) is 24.6 Å². The van der Waals surface area contributed by atoms with Gasteiger partial charge >= 0.3 is 5.97 Å². The first kappa shape index (κ1) is 34.0. The normalized spacial score (nSPS) is 14.8. The molecule has 0 fully saturated rings. The fourth-order valence-corrected chi connectivity index (χ4v) is 4.89. The average molecular weight is 602 g/mol. The van der Waals surface area contributed by atoms with Crippen LogP contribution in [-0.4, -0.2) is 46.0 Å². The van der Waals surface area contributed by atoms with Gasteiger partial charge in [-0.3, -0.25) is 14.4 Å². The third-order valence-corrected chi connectivity index (χ3v) is 6.65. The van der Waals surface area contributed by atoms with Crippen LogP contribution in [0.1, 0.15) is 75.9 Å². The zero-order chi connectivity index (χ0) is 32.7. The molecule has 1 heterocycles. The molecule has 1 aliphatic heterocycles. The number of anilines is 1. The lowest BCUT2D eigenvalue weighted by Gasteiger charge is -2.27. The maximum absolute atomic E-state index is 13.8. The second kappa shape index (κ2) is 14.3. The molecule has 234 valence electrons. The summed E-state index contributed by atoms with van der Waals surface area (Å²) in [6.45, 7) is 10.6. The van der Waals surface area contributed by atoms with Gasteiger partial charge in [-0.15, -0.1) is 0 Å². The number of amides is 2. The molecule has 1 atom stereocenters. The summed E-state index contributed by atoms with van der Waals surface area (Å²) in [6, 6.07) is 22.5. The Hall–Kier alpha value is -4.50. The Labute approximate surface area is 259 Å². The summed E-state index contributed by atoms with van der Waals surface area (Å²) in [5.74, 6) is -1.58. The summed E-state index contributed by atoms with van der Waals surface area (Å²) in [7, 11) is 0. The molecular formula is C35H43N3O6. The van der Waals surface area contributed by atoms with E-state index in [2.05, 4.69) is 5.32 Å². The quantitative estimate of drug-likeness (QED) is 0.304. The minimum Gasteiger partial charge on any atom is -0.481 e. The number of hydrogen-bond acceptors (Lipinski definition) is 6. The van der Waals surface area contributed by atoms with Crippen LogP contribution in [-0.2, 0) is 32.1 Å². The van der Waals surface area contributed by atoms with Crippen LogP contribution in [0.5, 0.6) is 0 Å². The van der Waals surface area contributed by atoms with Crippen molar-refractivity contribution in [1.82, 2.24) is 5.32 Å². The summed E-state index contributed by atoms with van der Waals surface area (Å²) in [5.41, 5.74) is 9.78. The van der Waals surface area contributed by atoms with Gasteiger partial charge in [-0.2, -0.15) is 0 Å². The third kappa shape index (κ3) is 10.1. The molecule has 0 unspecified atom stereocenters. The standard InChI is InChI=1S/C33H39N3O4.C2H4O2/c1-32(2,3)40-31(39)26-12-8-7-11-25(26)23-16-14-22(15-17-23)21-36-28-13-9-6-10-24(28)18-19-27(30(36)38)35-29(37)20-33(4,5)34;1-2(3)4/h6-17,27H,18-21,34H2,1-5H3,(H,35,37);1H3,(H,3,4)/t27-;/m1./s1. The second-order valence-corrected chi connectivity index (χ2v) is 12.6. The number of nitrogens with one attached hydrogen (secondary N) is 1. The van der Waals surface area contributed by atoms with Gasteiger partial charge in [0.2, 0.25) is 11.8 Å². The van der Waals surface area contributed by atoms with Crippen molar-refractivity contribution in [3.05, 3.63) is 89.5 Å². The van der Waals surface area contributed by atoms with Crippen LogP contribution in [0.4, 0.5) is 5.69 Å². The molecule has 44 heavy (non-hydrogen) atoms. The topological polar surface area (TPSA) is 139 Å². The van der Waals surface area contributed by atoms with Gasteiger partial charge in [-0.05, 0) is 81.8 Å². The zero-order valence-electron chi connectivity index (χ0n) is 26.3. The van der Waals surface area contributed by atoms with Crippen molar-refractivity contribution in [3.63, 3.8) is 0 Å². The zero-order valence-corrected chi connectivity index (χ0v) is 26.3. The molecule has 2 amide bonds. The summed E-state index contributed by atoms with van der Waals surface area (Å²) in [6.07, 6.45) is 1.33. The number of nitrogens with zero attached hydrogens (tertiary/aromatic N) is 1. The molecule has 4 N–H and O–H groups in total. The van der Waals surface area contributed by atoms with Crippen molar-refractivity contribution in [2.45, 2.75) is 84.5 Å². The van der Waals surface area contributed by atoms with Gasteiger partial charge < -0.3 is 25.8 Å². The number of aryl methyl sites for hydroxylation is 1. The number of carboxylic acids is 1. The predicted octanol–water partition coefficient (Wildman–Crippen LogP) is 5.49. The van der Waals surface area contributed by atoms with Gasteiger partial charge in [-0.25, -0.2) is 4.79 Å². The molecular weight excluding hydrogens is 558 g/mol. The van der Waals surface area contributed by atoms with Gasteiger partial charge in [0.05, 0.1) is 12.1 Å². The highest BCUT2D eigenvalue weighted by Gasteiger charge is 2.32. The van der Waals surface area contributed by atoms with Crippen LogP contribution < -0.4 is 16.0 Å². The molecule has 0 radical (unpaired) electrons. The lowest BCUT2D eigenvalue weighted by Crippen LogP contribution is -2.49. The van der Waals surface area contributed by atoms with E-state index in [0.717, 1.165) is 34.9 Å². The van der Waals surface area contributed by atoms with Crippen LogP contribution in [0.2, 0.25) is 0 Å². The molecule has 0 aromatic heterocycles. The summed E-state index contributed by atoms with van der Waals surface area (Å²) >= 11 is 0. The van der Waals surface area contributed by atoms with E-state index in [1.165, 1.54) is 0 Å². The molecule has 4 rings (SSSR count). The number of fused-ring (bicyclic) bond motifs is 1. The second-order valence-electron chi connectivity index (χ2n) is 12.6. The predicted molar refractivity (Wildman–Crippen MR) is 171 cm³/mol. The summed E-state index contributed by atoms with van der Waals surface area (Å²) in [5, 5.41) is 10.3. The molecule has 3 aromatic carbocycles. The molecule has 3 aromatic rings. The molecule has 0 saturated heterocycles. The minimum absolute atomic E-state index is 0.135. The highest BCUT2D eigenvalue weighted by molar-refractivity contribution is 6.00. The van der Waals surface area contributed by atoms with Crippen molar-refractivity contribution in [3.8, 4) is 11.1 Å². The fourth-order valence-electron chi connectivity index (χ4n) is 4.89. The average Bonchev–Trinajstić information content (AvgIpc) is 3.04. The minimum atomic E-state index is -0.833.